The smallest absolute Gasteiger partial charge is 0.265 e. The quantitative estimate of drug-likeness (QED) is 0.819. The molecule has 3 nitrogen and oxygen atoms in total. The average molecular weight is 245 g/mol. The van der Waals surface area contributed by atoms with Gasteiger partial charge in [-0.3, -0.25) is 4.79 Å². The molecule has 0 aromatic carbocycles. The summed E-state index contributed by atoms with van der Waals surface area (Å²) in [7, 11) is 0. The second kappa shape index (κ2) is 4.12. The van der Waals surface area contributed by atoms with E-state index < -0.39 is 0 Å². The molecular formula is C10H13ClN2OS. The number of hydrogen-bond donors (Lipinski definition) is 1. The van der Waals surface area contributed by atoms with E-state index in [1.807, 2.05) is 5.38 Å². The molecule has 1 saturated heterocycles. The third-order valence-electron chi connectivity index (χ3n) is 2.77. The molecule has 1 aliphatic heterocycles. The second-order valence-electron chi connectivity index (χ2n) is 3.95. The number of carbonyl (C=O) groups excluding carboxylic acids is 1. The van der Waals surface area contributed by atoms with Gasteiger partial charge >= 0.3 is 0 Å². The molecule has 1 aliphatic rings. The van der Waals surface area contributed by atoms with Crippen LogP contribution in [0.1, 0.15) is 16.6 Å². The highest BCUT2D eigenvalue weighted by molar-refractivity contribution is 7.12. The molecule has 1 aromatic heterocycles. The van der Waals surface area contributed by atoms with Gasteiger partial charge in [0.15, 0.2) is 0 Å². The minimum atomic E-state index is 0.00907. The topological polar surface area (TPSA) is 46.3 Å². The summed E-state index contributed by atoms with van der Waals surface area (Å²) in [5.41, 5.74) is 5.87. The molecule has 0 radical (unpaired) electrons. The summed E-state index contributed by atoms with van der Waals surface area (Å²) in [6.45, 7) is 3.43. The van der Waals surface area contributed by atoms with E-state index in [0.29, 0.717) is 22.4 Å². The van der Waals surface area contributed by atoms with E-state index in [1.165, 1.54) is 11.3 Å². The van der Waals surface area contributed by atoms with Crippen molar-refractivity contribution in [1.29, 1.82) is 0 Å². The molecule has 2 heterocycles. The molecule has 5 heteroatoms. The Morgan fingerprint density at radius 3 is 2.87 bits per heavy atom. The van der Waals surface area contributed by atoms with Crippen LogP contribution in [0.5, 0.6) is 0 Å². The predicted octanol–water partition coefficient (Wildman–Crippen LogP) is 1.82. The van der Waals surface area contributed by atoms with E-state index in [9.17, 15) is 4.79 Å². The minimum Gasteiger partial charge on any atom is -0.336 e. The first kappa shape index (κ1) is 10.9. The fraction of sp³-hybridized carbons (Fsp3) is 0.500. The zero-order valence-electron chi connectivity index (χ0n) is 8.44. The fourth-order valence-corrected chi connectivity index (χ4v) is 2.85. The molecule has 1 amide bonds. The monoisotopic (exact) mass is 244 g/mol. The van der Waals surface area contributed by atoms with Gasteiger partial charge in [0.25, 0.3) is 5.91 Å². The lowest BCUT2D eigenvalue weighted by atomic mass is 10.1. The number of nitrogens with zero attached hydrogens (tertiary/aromatic N) is 1. The zero-order chi connectivity index (χ0) is 11.0. The zero-order valence-corrected chi connectivity index (χ0v) is 10.0. The lowest BCUT2D eigenvalue weighted by Crippen LogP contribution is -2.31. The molecule has 0 saturated carbocycles. The molecule has 2 unspecified atom stereocenters. The van der Waals surface area contributed by atoms with Gasteiger partial charge in [0.05, 0.1) is 5.02 Å². The van der Waals surface area contributed by atoms with Crippen molar-refractivity contribution in [1.82, 2.24) is 4.90 Å². The Morgan fingerprint density at radius 2 is 2.40 bits per heavy atom. The predicted molar refractivity (Wildman–Crippen MR) is 62.4 cm³/mol. The Labute approximate surface area is 97.8 Å². The lowest BCUT2D eigenvalue weighted by Gasteiger charge is -2.14. The number of amides is 1. The highest BCUT2D eigenvalue weighted by Crippen LogP contribution is 2.26. The standard InChI is InChI=1S/C10H13ClN2OS/c1-6-4-13(5-8(6)12)10(14)9-7(11)2-3-15-9/h2-3,6,8H,4-5,12H2,1H3. The molecule has 15 heavy (non-hydrogen) atoms. The van der Waals surface area contributed by atoms with E-state index in [0.717, 1.165) is 6.54 Å². The maximum absolute atomic E-state index is 12.0. The molecule has 1 aromatic rings. The van der Waals surface area contributed by atoms with Crippen molar-refractivity contribution in [2.45, 2.75) is 13.0 Å². The van der Waals surface area contributed by atoms with Crippen molar-refractivity contribution in [3.8, 4) is 0 Å². The number of thiophene rings is 1. The van der Waals surface area contributed by atoms with E-state index in [2.05, 4.69) is 6.92 Å². The highest BCUT2D eigenvalue weighted by Gasteiger charge is 2.31. The Bertz CT molecular complexity index is 369. The van der Waals surface area contributed by atoms with E-state index >= 15 is 0 Å². The van der Waals surface area contributed by atoms with Crippen LogP contribution in [0.3, 0.4) is 0 Å². The lowest BCUT2D eigenvalue weighted by molar-refractivity contribution is 0.0792. The molecule has 2 atom stereocenters. The van der Waals surface area contributed by atoms with E-state index in [1.54, 1.807) is 11.0 Å². The fourth-order valence-electron chi connectivity index (χ4n) is 1.75. The summed E-state index contributed by atoms with van der Waals surface area (Å²) in [5, 5.41) is 2.37. The summed E-state index contributed by atoms with van der Waals surface area (Å²) >= 11 is 7.30. The van der Waals surface area contributed by atoms with Crippen LogP contribution in [-0.4, -0.2) is 29.9 Å². The molecule has 2 rings (SSSR count). The van der Waals surface area contributed by atoms with Crippen LogP contribution in [0.2, 0.25) is 5.02 Å². The van der Waals surface area contributed by atoms with Crippen molar-refractivity contribution in [2.75, 3.05) is 13.1 Å². The van der Waals surface area contributed by atoms with Gasteiger partial charge in [-0.05, 0) is 17.4 Å². The average Bonchev–Trinajstić information content (AvgIpc) is 2.74. The highest BCUT2D eigenvalue weighted by atomic mass is 35.5. The van der Waals surface area contributed by atoms with Crippen molar-refractivity contribution < 1.29 is 4.79 Å². The normalized spacial score (nSPS) is 25.9. The van der Waals surface area contributed by atoms with E-state index in [4.69, 9.17) is 17.3 Å². The molecule has 0 aliphatic carbocycles. The van der Waals surface area contributed by atoms with Crippen LogP contribution in [-0.2, 0) is 0 Å². The molecule has 2 N–H and O–H groups in total. The van der Waals surface area contributed by atoms with Crippen LogP contribution in [0.4, 0.5) is 0 Å². The Morgan fingerprint density at radius 1 is 1.67 bits per heavy atom. The van der Waals surface area contributed by atoms with Crippen molar-refractivity contribution >= 4 is 28.8 Å². The third kappa shape index (κ3) is 2.02. The first-order valence-electron chi connectivity index (χ1n) is 4.87. The van der Waals surface area contributed by atoms with Gasteiger partial charge in [0, 0.05) is 19.1 Å². The van der Waals surface area contributed by atoms with E-state index in [-0.39, 0.29) is 11.9 Å². The SMILES string of the molecule is CC1CN(C(=O)c2sccc2Cl)CC1N. The minimum absolute atomic E-state index is 0.00907. The maximum Gasteiger partial charge on any atom is 0.265 e. The number of nitrogens with two attached hydrogens (primary N) is 1. The van der Waals surface area contributed by atoms with Crippen LogP contribution in [0.25, 0.3) is 0 Å². The van der Waals surface area contributed by atoms with Crippen molar-refractivity contribution in [3.05, 3.63) is 21.3 Å². The van der Waals surface area contributed by atoms with Gasteiger partial charge in [-0.15, -0.1) is 11.3 Å². The van der Waals surface area contributed by atoms with Crippen LogP contribution in [0, 0.1) is 5.92 Å². The molecular weight excluding hydrogens is 232 g/mol. The van der Waals surface area contributed by atoms with Crippen LogP contribution < -0.4 is 5.73 Å². The third-order valence-corrected chi connectivity index (χ3v) is 4.10. The van der Waals surface area contributed by atoms with Gasteiger partial charge in [0.1, 0.15) is 4.88 Å². The number of hydrogen-bond acceptors (Lipinski definition) is 3. The van der Waals surface area contributed by atoms with Crippen molar-refractivity contribution in [3.63, 3.8) is 0 Å². The Balaban J connectivity index is 2.13. The van der Waals surface area contributed by atoms with Gasteiger partial charge < -0.3 is 10.6 Å². The Kier molecular flexibility index (Phi) is 3.00. The summed E-state index contributed by atoms with van der Waals surface area (Å²) < 4.78 is 0. The molecule has 82 valence electrons. The summed E-state index contributed by atoms with van der Waals surface area (Å²) in [6, 6.07) is 1.84. The van der Waals surface area contributed by atoms with Gasteiger partial charge in [-0.25, -0.2) is 0 Å². The van der Waals surface area contributed by atoms with Crippen LogP contribution in [0.15, 0.2) is 11.4 Å². The number of carbonyl (C=O) groups is 1. The molecule has 0 bridgehead atoms. The summed E-state index contributed by atoms with van der Waals surface area (Å²) in [5.74, 6) is 0.377. The summed E-state index contributed by atoms with van der Waals surface area (Å²) in [6.07, 6.45) is 0. The van der Waals surface area contributed by atoms with Crippen LogP contribution >= 0.6 is 22.9 Å². The number of halogens is 1. The maximum atomic E-state index is 12.0. The molecule has 1 fully saturated rings. The van der Waals surface area contributed by atoms with Gasteiger partial charge in [-0.2, -0.15) is 0 Å². The number of likely N-dealkylation sites (tertiary alicyclic amines) is 1. The van der Waals surface area contributed by atoms with Crippen molar-refractivity contribution in [2.24, 2.45) is 11.7 Å². The number of rotatable bonds is 1. The first-order chi connectivity index (χ1) is 7.09. The largest absolute Gasteiger partial charge is 0.336 e. The first-order valence-corrected chi connectivity index (χ1v) is 6.13. The molecule has 0 spiro atoms. The second-order valence-corrected chi connectivity index (χ2v) is 5.27. The Hall–Kier alpha value is -0.580. The van der Waals surface area contributed by atoms with Gasteiger partial charge in [-0.1, -0.05) is 18.5 Å². The summed E-state index contributed by atoms with van der Waals surface area (Å²) in [4.78, 5) is 14.4. The van der Waals surface area contributed by atoms with Gasteiger partial charge in [0.2, 0.25) is 0 Å².